The van der Waals surface area contributed by atoms with Crippen LogP contribution in [0.4, 0.5) is 8.78 Å². The van der Waals surface area contributed by atoms with Crippen molar-refractivity contribution in [3.05, 3.63) is 41.2 Å². The number of rotatable bonds is 7. The van der Waals surface area contributed by atoms with Gasteiger partial charge in [0.1, 0.15) is 5.82 Å². The van der Waals surface area contributed by atoms with Crippen LogP contribution in [0.25, 0.3) is 11.1 Å². The van der Waals surface area contributed by atoms with E-state index in [0.717, 1.165) is 29.5 Å². The van der Waals surface area contributed by atoms with Crippen LogP contribution >= 0.6 is 0 Å². The van der Waals surface area contributed by atoms with E-state index in [9.17, 15) is 13.6 Å². The van der Waals surface area contributed by atoms with Gasteiger partial charge in [-0.15, -0.1) is 0 Å². The maximum atomic E-state index is 12.9. The molecule has 0 bridgehead atoms. The predicted octanol–water partition coefficient (Wildman–Crippen LogP) is 3.57. The Morgan fingerprint density at radius 1 is 1.44 bits per heavy atom. The maximum Gasteiger partial charge on any atom is 0.319 e. The number of nitrogens with one attached hydrogen (secondary N) is 1. The number of nitrogens with zero attached hydrogens (tertiary/aromatic N) is 4. The zero-order chi connectivity index (χ0) is 19.0. The molecular weight excluding hydrogens is 356 g/mol. The Hall–Kier alpha value is -2.84. The minimum absolute atomic E-state index is 0.0881. The normalized spacial score (nSPS) is 14.2. The smallest absolute Gasteiger partial charge is 0.319 e. The van der Waals surface area contributed by atoms with Crippen LogP contribution in [-0.4, -0.2) is 25.6 Å². The Kier molecular flexibility index (Phi) is 4.59. The Morgan fingerprint density at radius 2 is 2.26 bits per heavy atom. The number of carbonyl (C=O) groups excluding carboxylic acids is 1. The van der Waals surface area contributed by atoms with E-state index in [4.69, 9.17) is 4.52 Å². The molecule has 3 heterocycles. The molecule has 4 rings (SSSR count). The fraction of sp³-hybridized carbons (Fsp3) is 0.444. The molecule has 1 aliphatic rings. The molecule has 3 aromatic rings. The van der Waals surface area contributed by atoms with Gasteiger partial charge in [-0.2, -0.15) is 8.78 Å². The Bertz CT molecular complexity index is 977. The SMILES string of the molecule is CCCc1noc2nc(C3CC3)cc(C(=O)NCc3nccn3C(F)F)c12. The van der Waals surface area contributed by atoms with E-state index in [1.54, 1.807) is 6.07 Å². The number of imidazole rings is 1. The van der Waals surface area contributed by atoms with Gasteiger partial charge in [-0.05, 0) is 25.3 Å². The molecule has 0 saturated heterocycles. The van der Waals surface area contributed by atoms with Crippen molar-refractivity contribution in [1.82, 2.24) is 25.0 Å². The number of aryl methyl sites for hydroxylation is 1. The quantitative estimate of drug-likeness (QED) is 0.682. The summed E-state index contributed by atoms with van der Waals surface area (Å²) in [4.78, 5) is 21.2. The van der Waals surface area contributed by atoms with E-state index in [1.165, 1.54) is 12.4 Å². The molecule has 3 aromatic heterocycles. The van der Waals surface area contributed by atoms with Gasteiger partial charge in [-0.1, -0.05) is 18.5 Å². The van der Waals surface area contributed by atoms with Crippen molar-refractivity contribution in [2.75, 3.05) is 0 Å². The molecule has 1 amide bonds. The Labute approximate surface area is 153 Å². The second kappa shape index (κ2) is 7.05. The van der Waals surface area contributed by atoms with Crippen LogP contribution in [0.5, 0.6) is 0 Å². The van der Waals surface area contributed by atoms with Crippen LogP contribution in [0.2, 0.25) is 0 Å². The molecular formula is C18H19F2N5O2. The summed E-state index contributed by atoms with van der Waals surface area (Å²) in [5, 5.41) is 7.34. The Balaban J connectivity index is 1.65. The molecule has 0 unspecified atom stereocenters. The van der Waals surface area contributed by atoms with E-state index in [1.807, 2.05) is 6.92 Å². The number of aromatic nitrogens is 4. The molecule has 0 aliphatic heterocycles. The summed E-state index contributed by atoms with van der Waals surface area (Å²) in [6, 6.07) is 1.77. The summed E-state index contributed by atoms with van der Waals surface area (Å²) < 4.78 is 32.0. The number of alkyl halides is 2. The van der Waals surface area contributed by atoms with E-state index in [2.05, 4.69) is 20.4 Å². The molecule has 0 aromatic carbocycles. The highest BCUT2D eigenvalue weighted by molar-refractivity contribution is 6.06. The summed E-state index contributed by atoms with van der Waals surface area (Å²) in [7, 11) is 0. The second-order valence-corrected chi connectivity index (χ2v) is 6.64. The van der Waals surface area contributed by atoms with Crippen molar-refractivity contribution in [1.29, 1.82) is 0 Å². The minimum Gasteiger partial charge on any atom is -0.345 e. The fourth-order valence-corrected chi connectivity index (χ4v) is 3.12. The van der Waals surface area contributed by atoms with Crippen molar-refractivity contribution < 1.29 is 18.1 Å². The number of amides is 1. The monoisotopic (exact) mass is 375 g/mol. The Morgan fingerprint density at radius 3 is 2.96 bits per heavy atom. The van der Waals surface area contributed by atoms with Gasteiger partial charge in [0, 0.05) is 24.0 Å². The van der Waals surface area contributed by atoms with Gasteiger partial charge < -0.3 is 9.84 Å². The first kappa shape index (κ1) is 17.6. The number of pyridine rings is 1. The first-order chi connectivity index (χ1) is 13.1. The molecule has 27 heavy (non-hydrogen) atoms. The van der Waals surface area contributed by atoms with E-state index >= 15 is 0 Å². The van der Waals surface area contributed by atoms with Crippen molar-refractivity contribution in [3.63, 3.8) is 0 Å². The van der Waals surface area contributed by atoms with Gasteiger partial charge in [-0.3, -0.25) is 9.36 Å². The molecule has 1 N–H and O–H groups in total. The third-order valence-corrected chi connectivity index (χ3v) is 4.63. The van der Waals surface area contributed by atoms with Gasteiger partial charge in [-0.25, -0.2) is 9.97 Å². The minimum atomic E-state index is -2.71. The molecule has 7 nitrogen and oxygen atoms in total. The molecule has 142 valence electrons. The number of halogens is 2. The molecule has 0 atom stereocenters. The molecule has 9 heteroatoms. The average molecular weight is 375 g/mol. The first-order valence-electron chi connectivity index (χ1n) is 8.95. The lowest BCUT2D eigenvalue weighted by molar-refractivity contribution is 0.0660. The second-order valence-electron chi connectivity index (χ2n) is 6.64. The zero-order valence-electron chi connectivity index (χ0n) is 14.8. The lowest BCUT2D eigenvalue weighted by Crippen LogP contribution is -2.25. The number of fused-ring (bicyclic) bond motifs is 1. The van der Waals surface area contributed by atoms with Crippen LogP contribution in [0.3, 0.4) is 0 Å². The average Bonchev–Trinajstić information content (AvgIpc) is 3.26. The van der Waals surface area contributed by atoms with Crippen LogP contribution < -0.4 is 5.32 Å². The highest BCUT2D eigenvalue weighted by atomic mass is 19.3. The van der Waals surface area contributed by atoms with Gasteiger partial charge in [0.25, 0.3) is 11.6 Å². The highest BCUT2D eigenvalue weighted by Gasteiger charge is 2.29. The lowest BCUT2D eigenvalue weighted by Gasteiger charge is -2.09. The van der Waals surface area contributed by atoms with Gasteiger partial charge in [0.2, 0.25) is 0 Å². The van der Waals surface area contributed by atoms with Crippen LogP contribution in [0.1, 0.15) is 66.2 Å². The van der Waals surface area contributed by atoms with E-state index < -0.39 is 6.55 Å². The molecule has 1 fully saturated rings. The van der Waals surface area contributed by atoms with Gasteiger partial charge >= 0.3 is 6.55 Å². The summed E-state index contributed by atoms with van der Waals surface area (Å²) in [5.41, 5.74) is 2.26. The number of carbonyl (C=O) groups is 1. The molecule has 0 spiro atoms. The van der Waals surface area contributed by atoms with E-state index in [-0.39, 0.29) is 18.3 Å². The maximum absolute atomic E-state index is 12.9. The molecule has 1 aliphatic carbocycles. The van der Waals surface area contributed by atoms with Crippen LogP contribution in [-0.2, 0) is 13.0 Å². The van der Waals surface area contributed by atoms with E-state index in [0.29, 0.717) is 34.7 Å². The van der Waals surface area contributed by atoms with Crippen LogP contribution in [0.15, 0.2) is 23.0 Å². The third-order valence-electron chi connectivity index (χ3n) is 4.63. The standard InChI is InChI=1S/C18H19F2N5O2/c1-2-3-12-15-11(8-13(10-4-5-10)23-17(15)27-24-12)16(26)22-9-14-21-6-7-25(14)18(19)20/h6-8,10,18H,2-5,9H2,1H3,(H,22,26). The summed E-state index contributed by atoms with van der Waals surface area (Å²) in [5.74, 6) is 0.0391. The van der Waals surface area contributed by atoms with Crippen molar-refractivity contribution in [3.8, 4) is 0 Å². The van der Waals surface area contributed by atoms with Crippen molar-refractivity contribution in [2.45, 2.75) is 51.6 Å². The van der Waals surface area contributed by atoms with Crippen molar-refractivity contribution >= 4 is 17.0 Å². The lowest BCUT2D eigenvalue weighted by atomic mass is 10.1. The molecule has 0 radical (unpaired) electrons. The summed E-state index contributed by atoms with van der Waals surface area (Å²) in [6.45, 7) is -0.799. The third kappa shape index (κ3) is 3.41. The number of hydrogen-bond donors (Lipinski definition) is 1. The summed E-state index contributed by atoms with van der Waals surface area (Å²) >= 11 is 0. The summed E-state index contributed by atoms with van der Waals surface area (Å²) in [6.07, 6.45) is 6.03. The highest BCUT2D eigenvalue weighted by Crippen LogP contribution is 2.40. The topological polar surface area (TPSA) is 85.8 Å². The van der Waals surface area contributed by atoms with Crippen molar-refractivity contribution in [2.24, 2.45) is 0 Å². The van der Waals surface area contributed by atoms with Crippen LogP contribution in [0, 0.1) is 0 Å². The van der Waals surface area contributed by atoms with Gasteiger partial charge in [0.05, 0.1) is 23.2 Å². The molecule has 1 saturated carbocycles. The first-order valence-corrected chi connectivity index (χ1v) is 8.95. The largest absolute Gasteiger partial charge is 0.345 e. The number of hydrogen-bond acceptors (Lipinski definition) is 5. The zero-order valence-corrected chi connectivity index (χ0v) is 14.8. The predicted molar refractivity (Wildman–Crippen MR) is 92.4 cm³/mol. The van der Waals surface area contributed by atoms with Gasteiger partial charge in [0.15, 0.2) is 0 Å². The fourth-order valence-electron chi connectivity index (χ4n) is 3.12.